The van der Waals surface area contributed by atoms with Crippen molar-refractivity contribution >= 4 is 6.03 Å². The highest BCUT2D eigenvalue weighted by Crippen LogP contribution is 2.08. The Hall–Kier alpha value is -2.24. The van der Waals surface area contributed by atoms with Gasteiger partial charge in [-0.1, -0.05) is 6.07 Å². The second kappa shape index (κ2) is 4.73. The largest absolute Gasteiger partial charge is 0.333 e. The second-order valence-corrected chi connectivity index (χ2v) is 3.38. The number of carbonyl (C=O) groups is 1. The minimum absolute atomic E-state index is 0.119. The molecule has 1 N–H and O–H groups in total. The number of rotatable bonds is 2. The molecule has 2 rings (SSSR count). The van der Waals surface area contributed by atoms with Gasteiger partial charge in [-0.15, -0.1) is 0 Å². The Morgan fingerprint density at radius 3 is 2.82 bits per heavy atom. The summed E-state index contributed by atoms with van der Waals surface area (Å²) in [6.45, 7) is 0.119. The first-order chi connectivity index (χ1) is 8.16. The summed E-state index contributed by atoms with van der Waals surface area (Å²) in [6, 6.07) is 3.09. The van der Waals surface area contributed by atoms with Crippen molar-refractivity contribution in [3.63, 3.8) is 0 Å². The van der Waals surface area contributed by atoms with Crippen LogP contribution >= 0.6 is 0 Å². The monoisotopic (exact) mass is 237 g/mol. The number of hydrogen-bond acceptors (Lipinski definition) is 2. The van der Waals surface area contributed by atoms with Crippen LogP contribution in [0, 0.1) is 11.6 Å². The van der Waals surface area contributed by atoms with Gasteiger partial charge in [0.2, 0.25) is 0 Å². The zero-order valence-corrected chi connectivity index (χ0v) is 8.73. The van der Waals surface area contributed by atoms with Crippen molar-refractivity contribution in [2.24, 2.45) is 0 Å². The summed E-state index contributed by atoms with van der Waals surface area (Å²) < 4.78 is 26.8. The Balaban J connectivity index is 1.98. The van der Waals surface area contributed by atoms with E-state index in [1.807, 2.05) is 0 Å². The highest BCUT2D eigenvalue weighted by molar-refractivity contribution is 5.76. The predicted octanol–water partition coefficient (Wildman–Crippen LogP) is 1.92. The van der Waals surface area contributed by atoms with E-state index in [1.165, 1.54) is 29.4 Å². The summed E-state index contributed by atoms with van der Waals surface area (Å²) >= 11 is 0. The van der Waals surface area contributed by atoms with Crippen LogP contribution in [0.3, 0.4) is 0 Å². The van der Waals surface area contributed by atoms with Crippen molar-refractivity contribution in [1.29, 1.82) is 0 Å². The molecule has 88 valence electrons. The molecule has 0 atom stereocenters. The highest BCUT2D eigenvalue weighted by atomic mass is 19.2. The fraction of sp³-hybridized carbons (Fsp3) is 0.0909. The van der Waals surface area contributed by atoms with Crippen LogP contribution in [0.2, 0.25) is 0 Å². The van der Waals surface area contributed by atoms with E-state index in [0.717, 1.165) is 12.1 Å². The van der Waals surface area contributed by atoms with E-state index in [4.69, 9.17) is 0 Å². The van der Waals surface area contributed by atoms with Gasteiger partial charge in [-0.05, 0) is 17.7 Å². The minimum Gasteiger partial charge on any atom is -0.333 e. The molecule has 17 heavy (non-hydrogen) atoms. The second-order valence-electron chi connectivity index (χ2n) is 3.38. The van der Waals surface area contributed by atoms with Crippen molar-refractivity contribution in [3.8, 4) is 0 Å². The molecule has 0 saturated carbocycles. The molecule has 0 unspecified atom stereocenters. The third-order valence-electron chi connectivity index (χ3n) is 2.17. The maximum atomic E-state index is 12.9. The van der Waals surface area contributed by atoms with Crippen LogP contribution in [0.1, 0.15) is 5.56 Å². The zero-order chi connectivity index (χ0) is 12.3. The molecule has 0 saturated heterocycles. The molecule has 1 heterocycles. The molecule has 1 amide bonds. The van der Waals surface area contributed by atoms with Gasteiger partial charge in [0.15, 0.2) is 11.6 Å². The number of hydrogen-bond donors (Lipinski definition) is 1. The van der Waals surface area contributed by atoms with Gasteiger partial charge >= 0.3 is 6.03 Å². The lowest BCUT2D eigenvalue weighted by molar-refractivity contribution is 0.242. The number of amides is 1. The summed E-state index contributed by atoms with van der Waals surface area (Å²) in [5.41, 5.74) is 0.484. The smallest absolute Gasteiger partial charge is 0.327 e. The van der Waals surface area contributed by atoms with E-state index < -0.39 is 11.6 Å². The fourth-order valence-electron chi connectivity index (χ4n) is 1.30. The lowest BCUT2D eigenvalue weighted by Gasteiger charge is -2.05. The molecule has 4 nitrogen and oxygen atoms in total. The van der Waals surface area contributed by atoms with Crippen molar-refractivity contribution in [2.45, 2.75) is 6.54 Å². The number of nitrogens with zero attached hydrogens (tertiary/aromatic N) is 2. The van der Waals surface area contributed by atoms with Crippen LogP contribution in [0.4, 0.5) is 13.6 Å². The van der Waals surface area contributed by atoms with E-state index >= 15 is 0 Å². The molecule has 6 heteroatoms. The number of halogens is 2. The molecule has 0 aliphatic rings. The molecular formula is C11H9F2N3O. The van der Waals surface area contributed by atoms with E-state index in [9.17, 15) is 13.6 Å². The van der Waals surface area contributed by atoms with E-state index in [1.54, 1.807) is 0 Å². The summed E-state index contributed by atoms with van der Waals surface area (Å²) in [5, 5.41) is 2.54. The van der Waals surface area contributed by atoms with Gasteiger partial charge in [-0.2, -0.15) is 0 Å². The Kier molecular flexibility index (Phi) is 3.13. The molecule has 0 spiro atoms. The Morgan fingerprint density at radius 1 is 1.35 bits per heavy atom. The first-order valence-electron chi connectivity index (χ1n) is 4.87. The SMILES string of the molecule is O=C(NCc1ccc(F)c(F)c1)n1ccnc1. The van der Waals surface area contributed by atoms with Crippen LogP contribution in [-0.4, -0.2) is 15.6 Å². The van der Waals surface area contributed by atoms with Crippen LogP contribution in [-0.2, 0) is 6.54 Å². The van der Waals surface area contributed by atoms with E-state index in [2.05, 4.69) is 10.3 Å². The molecule has 0 aliphatic carbocycles. The summed E-state index contributed by atoms with van der Waals surface area (Å²) in [5.74, 6) is -1.84. The standard InChI is InChI=1S/C11H9F2N3O/c12-9-2-1-8(5-10(9)13)6-15-11(17)16-4-3-14-7-16/h1-5,7H,6H2,(H,15,17). The van der Waals surface area contributed by atoms with Gasteiger partial charge in [0.1, 0.15) is 6.33 Å². The van der Waals surface area contributed by atoms with Crippen LogP contribution in [0.15, 0.2) is 36.9 Å². The van der Waals surface area contributed by atoms with Crippen LogP contribution in [0.5, 0.6) is 0 Å². The fourth-order valence-corrected chi connectivity index (χ4v) is 1.30. The number of aromatic nitrogens is 2. The maximum Gasteiger partial charge on any atom is 0.327 e. The lowest BCUT2D eigenvalue weighted by Crippen LogP contribution is -2.27. The van der Waals surface area contributed by atoms with Gasteiger partial charge in [-0.3, -0.25) is 4.57 Å². The summed E-state index contributed by atoms with van der Waals surface area (Å²) in [7, 11) is 0. The Morgan fingerprint density at radius 2 is 2.18 bits per heavy atom. The quantitative estimate of drug-likeness (QED) is 0.867. The van der Waals surface area contributed by atoms with Crippen molar-refractivity contribution < 1.29 is 13.6 Å². The predicted molar refractivity (Wildman–Crippen MR) is 56.2 cm³/mol. The normalized spacial score (nSPS) is 10.2. The van der Waals surface area contributed by atoms with E-state index in [-0.39, 0.29) is 12.6 Å². The number of benzene rings is 1. The molecule has 0 radical (unpaired) electrons. The molecule has 0 fully saturated rings. The van der Waals surface area contributed by atoms with Gasteiger partial charge in [0.05, 0.1) is 0 Å². The molecule has 0 aliphatic heterocycles. The Labute approximate surface area is 95.9 Å². The number of nitrogens with one attached hydrogen (secondary N) is 1. The van der Waals surface area contributed by atoms with Gasteiger partial charge in [-0.25, -0.2) is 18.6 Å². The number of carbonyl (C=O) groups excluding carboxylic acids is 1. The molecule has 0 bridgehead atoms. The average molecular weight is 237 g/mol. The highest BCUT2D eigenvalue weighted by Gasteiger charge is 2.05. The topological polar surface area (TPSA) is 46.9 Å². The molecule has 1 aromatic heterocycles. The lowest BCUT2D eigenvalue weighted by atomic mass is 10.2. The minimum atomic E-state index is -0.931. The first-order valence-corrected chi connectivity index (χ1v) is 4.87. The number of imidazole rings is 1. The summed E-state index contributed by atoms with van der Waals surface area (Å²) in [4.78, 5) is 15.2. The Bertz CT molecular complexity index is 526. The summed E-state index contributed by atoms with van der Waals surface area (Å²) in [6.07, 6.45) is 4.30. The molecular weight excluding hydrogens is 228 g/mol. The van der Waals surface area contributed by atoms with Crippen molar-refractivity contribution in [3.05, 3.63) is 54.1 Å². The third kappa shape index (κ3) is 2.66. The first kappa shape index (κ1) is 11.3. The average Bonchev–Trinajstić information content (AvgIpc) is 2.84. The van der Waals surface area contributed by atoms with Gasteiger partial charge in [0, 0.05) is 18.9 Å². The van der Waals surface area contributed by atoms with Crippen molar-refractivity contribution in [1.82, 2.24) is 14.9 Å². The van der Waals surface area contributed by atoms with E-state index in [0.29, 0.717) is 5.56 Å². The van der Waals surface area contributed by atoms with Gasteiger partial charge in [0.25, 0.3) is 0 Å². The molecule has 1 aromatic carbocycles. The molecule has 2 aromatic rings. The van der Waals surface area contributed by atoms with Crippen molar-refractivity contribution in [2.75, 3.05) is 0 Å². The van der Waals surface area contributed by atoms with Crippen LogP contribution in [0.25, 0.3) is 0 Å². The maximum absolute atomic E-state index is 12.9. The third-order valence-corrected chi connectivity index (χ3v) is 2.17. The zero-order valence-electron chi connectivity index (χ0n) is 8.73. The van der Waals surface area contributed by atoms with Crippen LogP contribution < -0.4 is 5.32 Å². The van der Waals surface area contributed by atoms with Gasteiger partial charge < -0.3 is 5.32 Å².